The molecule has 0 radical (unpaired) electrons. The van der Waals surface area contributed by atoms with E-state index in [1.54, 1.807) is 0 Å². The summed E-state index contributed by atoms with van der Waals surface area (Å²) in [5, 5.41) is 0. The van der Waals surface area contributed by atoms with Crippen molar-refractivity contribution in [3.05, 3.63) is 36.6 Å². The summed E-state index contributed by atoms with van der Waals surface area (Å²) < 4.78 is 5.99. The number of rotatable bonds is 10. The predicted octanol–water partition coefficient (Wildman–Crippen LogP) is 4.19. The van der Waals surface area contributed by atoms with Gasteiger partial charge in [0.25, 0.3) is 0 Å². The Morgan fingerprint density at radius 1 is 1.58 bits per heavy atom. The molecule has 2 N–H and O–H groups in total. The predicted molar refractivity (Wildman–Crippen MR) is 82.8 cm³/mol. The van der Waals surface area contributed by atoms with Crippen molar-refractivity contribution >= 4 is 0 Å². The third kappa shape index (κ3) is 6.63. The van der Waals surface area contributed by atoms with Gasteiger partial charge in [-0.2, -0.15) is 0 Å². The third-order valence-corrected chi connectivity index (χ3v) is 3.61. The molecule has 108 valence electrons. The van der Waals surface area contributed by atoms with E-state index in [1.165, 1.54) is 19.3 Å². The van der Waals surface area contributed by atoms with E-state index in [2.05, 4.69) is 31.7 Å². The average molecular weight is 263 g/mol. The van der Waals surface area contributed by atoms with Crippen molar-refractivity contribution in [3.63, 3.8) is 0 Å². The fraction of sp³-hybridized carbons (Fsp3) is 0.647. The van der Waals surface area contributed by atoms with Gasteiger partial charge in [-0.3, -0.25) is 0 Å². The second-order valence-electron chi connectivity index (χ2n) is 5.40. The molecule has 0 fully saturated rings. The first-order valence-electron chi connectivity index (χ1n) is 7.61. The number of ether oxygens (including phenoxy) is 1. The zero-order valence-electron chi connectivity index (χ0n) is 12.3. The number of hydrogen-bond acceptors (Lipinski definition) is 2. The molecule has 19 heavy (non-hydrogen) atoms. The topological polar surface area (TPSA) is 35.2 Å². The first-order chi connectivity index (χ1) is 9.30. The first kappa shape index (κ1) is 16.0. The fourth-order valence-electron chi connectivity index (χ4n) is 2.54. The highest BCUT2D eigenvalue weighted by Crippen LogP contribution is 2.24. The van der Waals surface area contributed by atoms with E-state index in [0.29, 0.717) is 11.8 Å². The van der Waals surface area contributed by atoms with Crippen molar-refractivity contribution in [3.8, 4) is 0 Å². The lowest BCUT2D eigenvalue weighted by molar-refractivity contribution is 0.147. The van der Waals surface area contributed by atoms with E-state index in [-0.39, 0.29) is 0 Å². The van der Waals surface area contributed by atoms with E-state index >= 15 is 0 Å². The van der Waals surface area contributed by atoms with Crippen LogP contribution in [0.15, 0.2) is 36.6 Å². The van der Waals surface area contributed by atoms with Crippen LogP contribution in [0, 0.1) is 11.8 Å². The Hall–Kier alpha value is -1.02. The largest absolute Gasteiger partial charge is 0.498 e. The van der Waals surface area contributed by atoms with E-state index in [4.69, 9.17) is 10.5 Å². The lowest BCUT2D eigenvalue weighted by atomic mass is 9.94. The maximum Gasteiger partial charge on any atom is 0.0965 e. The van der Waals surface area contributed by atoms with Crippen LogP contribution in [-0.2, 0) is 4.74 Å². The van der Waals surface area contributed by atoms with Crippen molar-refractivity contribution in [1.82, 2.24) is 0 Å². The molecule has 0 saturated carbocycles. The molecule has 0 aromatic rings. The average Bonchev–Trinajstić information content (AvgIpc) is 2.43. The van der Waals surface area contributed by atoms with Gasteiger partial charge in [-0.25, -0.2) is 0 Å². The molecule has 1 aliphatic rings. The molecule has 0 aromatic carbocycles. The number of nitrogens with two attached hydrogens (primary N) is 1. The summed E-state index contributed by atoms with van der Waals surface area (Å²) in [6.07, 6.45) is 15.3. The molecule has 2 nitrogen and oxygen atoms in total. The molecule has 2 unspecified atom stereocenters. The summed E-state index contributed by atoms with van der Waals surface area (Å²) in [5.41, 5.74) is 5.57. The summed E-state index contributed by atoms with van der Waals surface area (Å²) in [7, 11) is 0. The van der Waals surface area contributed by atoms with Gasteiger partial charge in [0.15, 0.2) is 0 Å². The van der Waals surface area contributed by atoms with Crippen LogP contribution in [-0.4, -0.2) is 13.2 Å². The number of allylic oxidation sites excluding steroid dienone is 5. The van der Waals surface area contributed by atoms with Gasteiger partial charge < -0.3 is 10.5 Å². The van der Waals surface area contributed by atoms with Crippen LogP contribution in [0.25, 0.3) is 0 Å². The minimum Gasteiger partial charge on any atom is -0.498 e. The summed E-state index contributed by atoms with van der Waals surface area (Å²) in [6, 6.07) is 0. The Bertz CT molecular complexity index is 306. The van der Waals surface area contributed by atoms with Crippen LogP contribution in [0.3, 0.4) is 0 Å². The monoisotopic (exact) mass is 263 g/mol. The summed E-state index contributed by atoms with van der Waals surface area (Å²) in [4.78, 5) is 0. The molecule has 0 spiro atoms. The molecule has 0 aliphatic heterocycles. The van der Waals surface area contributed by atoms with Crippen LogP contribution in [0.5, 0.6) is 0 Å². The maximum absolute atomic E-state index is 5.99. The van der Waals surface area contributed by atoms with Crippen molar-refractivity contribution in [2.75, 3.05) is 13.2 Å². The lowest BCUT2D eigenvalue weighted by Crippen LogP contribution is -2.12. The van der Waals surface area contributed by atoms with E-state index < -0.39 is 0 Å². The quantitative estimate of drug-likeness (QED) is 0.600. The van der Waals surface area contributed by atoms with Gasteiger partial charge in [0.05, 0.1) is 12.4 Å². The van der Waals surface area contributed by atoms with Crippen LogP contribution in [0.2, 0.25) is 0 Å². The molecular formula is C17H29NO. The Kier molecular flexibility index (Phi) is 8.31. The normalized spacial score (nSPS) is 19.9. The first-order valence-corrected chi connectivity index (χ1v) is 7.61. The molecule has 0 amide bonds. The molecular weight excluding hydrogens is 234 g/mol. The van der Waals surface area contributed by atoms with Crippen molar-refractivity contribution in [2.24, 2.45) is 17.6 Å². The zero-order chi connectivity index (χ0) is 13.9. The molecule has 0 heterocycles. The number of hydrogen-bond donors (Lipinski definition) is 1. The second kappa shape index (κ2) is 9.85. The van der Waals surface area contributed by atoms with E-state index in [1.807, 2.05) is 6.08 Å². The SMILES string of the molecule is C=CCC(CCC)COC1=CC=CC(CCCN)C1. The lowest BCUT2D eigenvalue weighted by Gasteiger charge is -2.21. The smallest absolute Gasteiger partial charge is 0.0965 e. The summed E-state index contributed by atoms with van der Waals surface area (Å²) in [5.74, 6) is 2.35. The second-order valence-corrected chi connectivity index (χ2v) is 5.40. The van der Waals surface area contributed by atoms with Gasteiger partial charge >= 0.3 is 0 Å². The zero-order valence-corrected chi connectivity index (χ0v) is 12.3. The summed E-state index contributed by atoms with van der Waals surface area (Å²) in [6.45, 7) is 7.66. The Labute approximate surface area is 118 Å². The highest BCUT2D eigenvalue weighted by Gasteiger charge is 2.14. The van der Waals surface area contributed by atoms with Crippen LogP contribution in [0.4, 0.5) is 0 Å². The van der Waals surface area contributed by atoms with Crippen molar-refractivity contribution in [1.29, 1.82) is 0 Å². The van der Waals surface area contributed by atoms with E-state index in [0.717, 1.165) is 38.2 Å². The molecule has 1 aliphatic carbocycles. The van der Waals surface area contributed by atoms with E-state index in [9.17, 15) is 0 Å². The minimum atomic E-state index is 0.604. The van der Waals surface area contributed by atoms with Gasteiger partial charge in [0.2, 0.25) is 0 Å². The Balaban J connectivity index is 2.33. The Morgan fingerprint density at radius 2 is 2.42 bits per heavy atom. The molecule has 0 aromatic heterocycles. The molecule has 0 saturated heterocycles. The third-order valence-electron chi connectivity index (χ3n) is 3.61. The Morgan fingerprint density at radius 3 is 3.11 bits per heavy atom. The fourth-order valence-corrected chi connectivity index (χ4v) is 2.54. The van der Waals surface area contributed by atoms with Gasteiger partial charge in [0, 0.05) is 6.42 Å². The van der Waals surface area contributed by atoms with Gasteiger partial charge in [-0.05, 0) is 50.1 Å². The van der Waals surface area contributed by atoms with Gasteiger partial charge in [-0.15, -0.1) is 6.58 Å². The standard InChI is InChI=1S/C17H29NO/c1-3-7-16(8-4-2)14-19-17-11-5-9-15(13-17)10-6-12-18/h3,5,9,11,15-16H,1,4,6-8,10,12-14,18H2,2H3. The highest BCUT2D eigenvalue weighted by molar-refractivity contribution is 5.15. The molecule has 0 bridgehead atoms. The molecule has 2 heteroatoms. The van der Waals surface area contributed by atoms with Gasteiger partial charge in [0.1, 0.15) is 0 Å². The van der Waals surface area contributed by atoms with Crippen molar-refractivity contribution < 1.29 is 4.74 Å². The molecule has 1 rings (SSSR count). The van der Waals surface area contributed by atoms with Crippen LogP contribution < -0.4 is 5.73 Å². The highest BCUT2D eigenvalue weighted by atomic mass is 16.5. The maximum atomic E-state index is 5.99. The van der Waals surface area contributed by atoms with Crippen LogP contribution in [0.1, 0.15) is 45.4 Å². The molecule has 2 atom stereocenters. The van der Waals surface area contributed by atoms with Crippen molar-refractivity contribution in [2.45, 2.75) is 45.4 Å². The van der Waals surface area contributed by atoms with Gasteiger partial charge in [-0.1, -0.05) is 31.6 Å². The minimum absolute atomic E-state index is 0.604. The van der Waals surface area contributed by atoms with Crippen LogP contribution >= 0.6 is 0 Å². The summed E-state index contributed by atoms with van der Waals surface area (Å²) >= 11 is 0.